The average Bonchev–Trinajstić information content (AvgIpc) is 2.70. The summed E-state index contributed by atoms with van der Waals surface area (Å²) >= 11 is 6.44. The fraction of sp³-hybridized carbons (Fsp3) is 0.300. The Labute approximate surface area is 168 Å². The number of hydrogen-bond donors (Lipinski definition) is 4. The van der Waals surface area contributed by atoms with Crippen LogP contribution in [-0.4, -0.2) is 11.9 Å². The molecule has 1 aliphatic heterocycles. The molecule has 0 unspecified atom stereocenters. The Bertz CT molecular complexity index is 954. The van der Waals surface area contributed by atoms with Gasteiger partial charge in [-0.2, -0.15) is 5.10 Å². The zero-order valence-corrected chi connectivity index (χ0v) is 16.1. The molecule has 2 aliphatic rings. The van der Waals surface area contributed by atoms with Crippen LogP contribution in [-0.2, 0) is 5.54 Å². The summed E-state index contributed by atoms with van der Waals surface area (Å²) in [5, 5.41) is 10.0. The minimum absolute atomic E-state index is 0.178. The van der Waals surface area contributed by atoms with E-state index in [1.54, 1.807) is 18.2 Å². The number of amidine groups is 1. The second-order valence-corrected chi connectivity index (χ2v) is 7.54. The summed E-state index contributed by atoms with van der Waals surface area (Å²) in [7, 11) is 0. The molecule has 2 aromatic carbocycles. The molecule has 0 atom stereocenters. The van der Waals surface area contributed by atoms with Crippen molar-refractivity contribution in [1.82, 2.24) is 5.32 Å². The molecule has 1 spiro atoms. The van der Waals surface area contributed by atoms with Crippen molar-refractivity contribution in [3.05, 3.63) is 52.5 Å². The SMILES string of the molecule is N/N=C(\N)c1ccccc1Oc1ccc(Cl)c2c1C1(CCCCC1)NC(=O)N2. The maximum Gasteiger partial charge on any atom is 0.319 e. The minimum atomic E-state index is -0.501. The molecule has 8 heteroatoms. The molecule has 1 fully saturated rings. The highest BCUT2D eigenvalue weighted by Gasteiger charge is 2.43. The normalized spacial score (nSPS) is 18.2. The maximum absolute atomic E-state index is 12.3. The van der Waals surface area contributed by atoms with Crippen molar-refractivity contribution in [2.75, 3.05) is 5.32 Å². The van der Waals surface area contributed by atoms with Crippen molar-refractivity contribution >= 4 is 29.2 Å². The molecule has 0 bridgehead atoms. The van der Waals surface area contributed by atoms with E-state index in [4.69, 9.17) is 27.9 Å². The summed E-state index contributed by atoms with van der Waals surface area (Å²) < 4.78 is 6.28. The van der Waals surface area contributed by atoms with Gasteiger partial charge in [0.2, 0.25) is 0 Å². The third-order valence-electron chi connectivity index (χ3n) is 5.42. The fourth-order valence-electron chi connectivity index (χ4n) is 4.15. The summed E-state index contributed by atoms with van der Waals surface area (Å²) in [6, 6.07) is 10.6. The lowest BCUT2D eigenvalue weighted by molar-refractivity contribution is 0.206. The van der Waals surface area contributed by atoms with Crippen LogP contribution in [0, 0.1) is 0 Å². The van der Waals surface area contributed by atoms with Crippen LogP contribution in [0.1, 0.15) is 43.2 Å². The number of anilines is 1. The summed E-state index contributed by atoms with van der Waals surface area (Å²) in [5.41, 5.74) is 7.49. The largest absolute Gasteiger partial charge is 0.456 e. The molecule has 7 nitrogen and oxygen atoms in total. The Balaban J connectivity index is 1.85. The van der Waals surface area contributed by atoms with Crippen LogP contribution < -0.4 is 26.9 Å². The number of para-hydroxylation sites is 1. The predicted octanol–water partition coefficient (Wildman–Crippen LogP) is 4.01. The predicted molar refractivity (Wildman–Crippen MR) is 110 cm³/mol. The number of urea groups is 1. The molecule has 2 amide bonds. The van der Waals surface area contributed by atoms with E-state index >= 15 is 0 Å². The highest BCUT2D eigenvalue weighted by molar-refractivity contribution is 6.34. The molecule has 2 aromatic rings. The number of halogens is 1. The Morgan fingerprint density at radius 1 is 1.11 bits per heavy atom. The van der Waals surface area contributed by atoms with Gasteiger partial charge in [0.05, 0.1) is 21.8 Å². The number of nitrogens with two attached hydrogens (primary N) is 2. The van der Waals surface area contributed by atoms with E-state index in [0.29, 0.717) is 27.8 Å². The van der Waals surface area contributed by atoms with Crippen molar-refractivity contribution in [1.29, 1.82) is 0 Å². The van der Waals surface area contributed by atoms with Gasteiger partial charge < -0.3 is 26.9 Å². The Hall–Kier alpha value is -2.93. The van der Waals surface area contributed by atoms with Crippen molar-refractivity contribution in [2.24, 2.45) is 16.7 Å². The molecule has 4 rings (SSSR count). The first-order valence-electron chi connectivity index (χ1n) is 9.27. The molecule has 1 saturated carbocycles. The first kappa shape index (κ1) is 18.4. The smallest absolute Gasteiger partial charge is 0.319 e. The van der Waals surface area contributed by atoms with Crippen molar-refractivity contribution < 1.29 is 9.53 Å². The Kier molecular flexibility index (Phi) is 4.77. The van der Waals surface area contributed by atoms with E-state index in [9.17, 15) is 4.79 Å². The number of hydrogen-bond acceptors (Lipinski definition) is 4. The van der Waals surface area contributed by atoms with Gasteiger partial charge in [-0.1, -0.05) is 43.0 Å². The summed E-state index contributed by atoms with van der Waals surface area (Å²) in [6.07, 6.45) is 4.85. The van der Waals surface area contributed by atoms with E-state index < -0.39 is 5.54 Å². The van der Waals surface area contributed by atoms with Crippen LogP contribution >= 0.6 is 11.6 Å². The van der Waals surface area contributed by atoms with E-state index in [2.05, 4.69) is 15.7 Å². The van der Waals surface area contributed by atoms with Crippen LogP contribution in [0.5, 0.6) is 11.5 Å². The molecule has 28 heavy (non-hydrogen) atoms. The second kappa shape index (κ2) is 7.24. The van der Waals surface area contributed by atoms with Gasteiger partial charge in [-0.15, -0.1) is 0 Å². The fourth-order valence-corrected chi connectivity index (χ4v) is 4.36. The molecular weight excluding hydrogens is 378 g/mol. The van der Waals surface area contributed by atoms with Crippen molar-refractivity contribution in [2.45, 2.75) is 37.6 Å². The molecular formula is C20H22ClN5O2. The zero-order valence-electron chi connectivity index (χ0n) is 15.3. The number of amides is 2. The summed E-state index contributed by atoms with van der Waals surface area (Å²) in [6.45, 7) is 0. The number of ether oxygens (including phenoxy) is 1. The molecule has 0 aromatic heterocycles. The highest BCUT2D eigenvalue weighted by Crippen LogP contribution is 2.50. The van der Waals surface area contributed by atoms with Gasteiger partial charge in [0.15, 0.2) is 5.84 Å². The quantitative estimate of drug-likeness (QED) is 0.270. The van der Waals surface area contributed by atoms with Crippen LogP contribution in [0.2, 0.25) is 5.02 Å². The van der Waals surface area contributed by atoms with E-state index in [1.807, 2.05) is 18.2 Å². The van der Waals surface area contributed by atoms with E-state index in [0.717, 1.165) is 37.7 Å². The molecule has 1 heterocycles. The van der Waals surface area contributed by atoms with Gasteiger partial charge in [0.1, 0.15) is 11.5 Å². The lowest BCUT2D eigenvalue weighted by Crippen LogP contribution is -2.52. The highest BCUT2D eigenvalue weighted by atomic mass is 35.5. The number of carbonyl (C=O) groups is 1. The average molecular weight is 400 g/mol. The van der Waals surface area contributed by atoms with Gasteiger partial charge in [-0.05, 0) is 37.1 Å². The summed E-state index contributed by atoms with van der Waals surface area (Å²) in [4.78, 5) is 12.3. The topological polar surface area (TPSA) is 115 Å². The lowest BCUT2D eigenvalue weighted by Gasteiger charge is -2.43. The van der Waals surface area contributed by atoms with Crippen LogP contribution in [0.25, 0.3) is 0 Å². The monoisotopic (exact) mass is 399 g/mol. The van der Waals surface area contributed by atoms with Gasteiger partial charge >= 0.3 is 6.03 Å². The maximum atomic E-state index is 12.3. The number of rotatable bonds is 3. The second-order valence-electron chi connectivity index (χ2n) is 7.13. The Morgan fingerprint density at radius 3 is 2.61 bits per heavy atom. The Morgan fingerprint density at radius 2 is 1.86 bits per heavy atom. The first-order chi connectivity index (χ1) is 13.5. The molecule has 6 N–H and O–H groups in total. The third-order valence-corrected chi connectivity index (χ3v) is 5.73. The van der Waals surface area contributed by atoms with E-state index in [1.165, 1.54) is 0 Å². The van der Waals surface area contributed by atoms with Crippen LogP contribution in [0.15, 0.2) is 41.5 Å². The standard InChI is InChI=1S/C20H22ClN5O2/c21-13-8-9-15(28-14-7-3-2-6-12(14)18(22)26-23)16-17(13)24-19(27)25-20(16)10-4-1-5-11-20/h2-3,6-9H,1,4-5,10-11,23H2,(H2,22,26)(H2,24,25,27). The number of nitrogens with one attached hydrogen (secondary N) is 2. The minimum Gasteiger partial charge on any atom is -0.456 e. The van der Waals surface area contributed by atoms with Crippen molar-refractivity contribution in [3.8, 4) is 11.5 Å². The number of hydrazone groups is 1. The van der Waals surface area contributed by atoms with E-state index in [-0.39, 0.29) is 11.9 Å². The molecule has 1 aliphatic carbocycles. The third kappa shape index (κ3) is 3.11. The lowest BCUT2D eigenvalue weighted by atomic mass is 9.74. The number of nitrogens with zero attached hydrogens (tertiary/aromatic N) is 1. The number of benzene rings is 2. The molecule has 0 saturated heterocycles. The van der Waals surface area contributed by atoms with Gasteiger partial charge in [0, 0.05) is 5.56 Å². The van der Waals surface area contributed by atoms with Gasteiger partial charge in [0.25, 0.3) is 0 Å². The van der Waals surface area contributed by atoms with Crippen molar-refractivity contribution in [3.63, 3.8) is 0 Å². The van der Waals surface area contributed by atoms with Crippen LogP contribution in [0.4, 0.5) is 10.5 Å². The number of fused-ring (bicyclic) bond motifs is 2. The molecule has 146 valence electrons. The first-order valence-corrected chi connectivity index (χ1v) is 9.64. The summed E-state index contributed by atoms with van der Waals surface area (Å²) in [5.74, 6) is 6.68. The van der Waals surface area contributed by atoms with Gasteiger partial charge in [-0.25, -0.2) is 4.79 Å². The number of carbonyl (C=O) groups excluding carboxylic acids is 1. The zero-order chi connectivity index (χ0) is 19.7. The van der Waals surface area contributed by atoms with Crippen LogP contribution in [0.3, 0.4) is 0 Å². The van der Waals surface area contributed by atoms with Gasteiger partial charge in [-0.3, -0.25) is 0 Å². The molecule has 0 radical (unpaired) electrons.